The van der Waals surface area contributed by atoms with Gasteiger partial charge in [0.15, 0.2) is 16.7 Å². The Morgan fingerprint density at radius 1 is 1.36 bits per heavy atom. The molecule has 0 radical (unpaired) electrons. The molecule has 3 rings (SSSR count). The fourth-order valence-electron chi connectivity index (χ4n) is 3.15. The van der Waals surface area contributed by atoms with Gasteiger partial charge < -0.3 is 19.9 Å². The summed E-state index contributed by atoms with van der Waals surface area (Å²) in [5, 5.41) is 9.92. The van der Waals surface area contributed by atoms with E-state index in [0.29, 0.717) is 32.8 Å². The zero-order chi connectivity index (χ0) is 20.4. The smallest absolute Gasteiger partial charge is 0.338 e. The zero-order valence-corrected chi connectivity index (χ0v) is 16.8. The Bertz CT molecular complexity index is 961. The fraction of sp³-hybridized carbons (Fsp3) is 0.316. The molecule has 2 N–H and O–H groups in total. The molecule has 9 heteroatoms. The first-order valence-electron chi connectivity index (χ1n) is 8.52. The number of benzene rings is 1. The van der Waals surface area contributed by atoms with Crippen LogP contribution in [-0.2, 0) is 9.53 Å². The first kappa shape index (κ1) is 19.6. The van der Waals surface area contributed by atoms with Crippen LogP contribution in [0, 0.1) is 11.3 Å². The van der Waals surface area contributed by atoms with Gasteiger partial charge in [0.2, 0.25) is 0 Å². The van der Waals surface area contributed by atoms with Crippen LogP contribution in [0.5, 0.6) is 11.5 Å². The number of aliphatic imine (C=N–C) groups is 1. The maximum absolute atomic E-state index is 12.8. The van der Waals surface area contributed by atoms with Gasteiger partial charge in [-0.1, -0.05) is 6.07 Å². The largest absolute Gasteiger partial charge is 0.493 e. The van der Waals surface area contributed by atoms with Crippen molar-refractivity contribution in [1.29, 1.82) is 5.26 Å². The number of fused-ring (bicyclic) bond motifs is 1. The van der Waals surface area contributed by atoms with E-state index in [9.17, 15) is 10.1 Å². The molecular weight excluding hydrogens is 380 g/mol. The van der Waals surface area contributed by atoms with Crippen molar-refractivity contribution in [3.8, 4) is 17.6 Å². The van der Waals surface area contributed by atoms with E-state index >= 15 is 0 Å². The second-order valence-electron chi connectivity index (χ2n) is 5.93. The van der Waals surface area contributed by atoms with Gasteiger partial charge in [-0.3, -0.25) is 4.90 Å². The van der Waals surface area contributed by atoms with Crippen molar-refractivity contribution in [2.75, 3.05) is 20.8 Å². The number of carbonyl (C=O) groups excluding carboxylic acids is 1. The maximum Gasteiger partial charge on any atom is 0.338 e. The molecule has 2 aliphatic heterocycles. The molecule has 1 atom stereocenters. The van der Waals surface area contributed by atoms with Gasteiger partial charge in [0, 0.05) is 0 Å². The molecule has 0 unspecified atom stereocenters. The number of rotatable bonds is 5. The second kappa shape index (κ2) is 7.86. The SMILES string of the molecule is CCOC(=O)C1=C(C)N=C2SC(C#N)=C(N)N2[C@@H]1c1ccc(OC)c(OC)c1. The first-order valence-corrected chi connectivity index (χ1v) is 9.33. The first-order chi connectivity index (χ1) is 13.5. The summed E-state index contributed by atoms with van der Waals surface area (Å²) in [5.41, 5.74) is 7.84. The molecule has 0 fully saturated rings. The summed E-state index contributed by atoms with van der Waals surface area (Å²) in [4.78, 5) is 19.3. The van der Waals surface area contributed by atoms with Crippen LogP contribution in [0.2, 0.25) is 0 Å². The molecule has 28 heavy (non-hydrogen) atoms. The summed E-state index contributed by atoms with van der Waals surface area (Å²) in [6, 6.07) is 6.83. The summed E-state index contributed by atoms with van der Waals surface area (Å²) in [6.07, 6.45) is 0. The van der Waals surface area contributed by atoms with Crippen LogP contribution in [0.3, 0.4) is 0 Å². The van der Waals surface area contributed by atoms with E-state index in [2.05, 4.69) is 11.1 Å². The van der Waals surface area contributed by atoms with E-state index < -0.39 is 12.0 Å². The molecule has 0 bridgehead atoms. The van der Waals surface area contributed by atoms with Gasteiger partial charge in [-0.2, -0.15) is 5.26 Å². The van der Waals surface area contributed by atoms with Gasteiger partial charge in [-0.15, -0.1) is 0 Å². The van der Waals surface area contributed by atoms with E-state index in [0.717, 1.165) is 5.56 Å². The quantitative estimate of drug-likeness (QED) is 0.751. The van der Waals surface area contributed by atoms with E-state index in [1.165, 1.54) is 18.9 Å². The van der Waals surface area contributed by atoms with Crippen LogP contribution < -0.4 is 15.2 Å². The predicted octanol–water partition coefficient (Wildman–Crippen LogP) is 2.65. The Morgan fingerprint density at radius 3 is 2.68 bits per heavy atom. The van der Waals surface area contributed by atoms with Crippen molar-refractivity contribution < 1.29 is 19.0 Å². The average Bonchev–Trinajstić information content (AvgIpc) is 3.01. The lowest BCUT2D eigenvalue weighted by Gasteiger charge is -2.35. The predicted molar refractivity (Wildman–Crippen MR) is 105 cm³/mol. The molecule has 0 aromatic heterocycles. The summed E-state index contributed by atoms with van der Waals surface area (Å²) >= 11 is 1.18. The molecule has 0 amide bonds. The Kier molecular flexibility index (Phi) is 5.51. The number of methoxy groups -OCH3 is 2. The van der Waals surface area contributed by atoms with Crippen molar-refractivity contribution in [1.82, 2.24) is 4.90 Å². The third-order valence-corrected chi connectivity index (χ3v) is 5.37. The summed E-state index contributed by atoms with van der Waals surface area (Å²) in [6.45, 7) is 3.71. The van der Waals surface area contributed by atoms with Crippen LogP contribution >= 0.6 is 11.8 Å². The van der Waals surface area contributed by atoms with Crippen molar-refractivity contribution in [2.24, 2.45) is 10.7 Å². The van der Waals surface area contributed by atoms with Crippen LogP contribution in [0.4, 0.5) is 0 Å². The van der Waals surface area contributed by atoms with Gasteiger partial charge in [-0.25, -0.2) is 9.79 Å². The number of hydrogen-bond donors (Lipinski definition) is 1. The monoisotopic (exact) mass is 400 g/mol. The van der Waals surface area contributed by atoms with Crippen molar-refractivity contribution in [3.63, 3.8) is 0 Å². The number of nitrogens with zero attached hydrogens (tertiary/aromatic N) is 3. The Labute approximate surface area is 167 Å². The topological polar surface area (TPSA) is 110 Å². The number of amidine groups is 1. The van der Waals surface area contributed by atoms with Crippen LogP contribution in [0.15, 0.2) is 45.2 Å². The van der Waals surface area contributed by atoms with E-state index in [1.807, 2.05) is 6.07 Å². The lowest BCUT2D eigenvalue weighted by molar-refractivity contribution is -0.139. The van der Waals surface area contributed by atoms with Gasteiger partial charge in [0.25, 0.3) is 0 Å². The fourth-order valence-corrected chi connectivity index (χ4v) is 4.06. The highest BCUT2D eigenvalue weighted by atomic mass is 32.2. The molecule has 0 spiro atoms. The lowest BCUT2D eigenvalue weighted by Crippen LogP contribution is -2.38. The van der Waals surface area contributed by atoms with Crippen molar-refractivity contribution in [2.45, 2.75) is 19.9 Å². The minimum Gasteiger partial charge on any atom is -0.493 e. The third kappa shape index (κ3) is 3.16. The number of carbonyl (C=O) groups is 1. The number of nitrogens with two attached hydrogens (primary N) is 1. The Morgan fingerprint density at radius 2 is 2.07 bits per heavy atom. The molecule has 0 aliphatic carbocycles. The average molecular weight is 400 g/mol. The summed E-state index contributed by atoms with van der Waals surface area (Å²) in [5.74, 6) is 0.845. The highest BCUT2D eigenvalue weighted by molar-refractivity contribution is 8.17. The highest BCUT2D eigenvalue weighted by Crippen LogP contribution is 2.46. The third-order valence-electron chi connectivity index (χ3n) is 4.40. The standard InChI is InChI=1S/C19H20N4O4S/c1-5-27-18(24)15-10(2)22-19-23(17(21)14(9-20)28-19)16(15)11-6-7-12(25-3)13(8-11)26-4/h6-8,16H,5,21H2,1-4H3/t16-/m1/s1. The molecule has 1 aromatic rings. The van der Waals surface area contributed by atoms with E-state index in [-0.39, 0.29) is 12.4 Å². The Balaban J connectivity index is 2.20. The summed E-state index contributed by atoms with van der Waals surface area (Å²) in [7, 11) is 3.09. The molecule has 0 saturated carbocycles. The molecule has 1 aromatic carbocycles. The minimum absolute atomic E-state index is 0.231. The normalized spacial score (nSPS) is 18.5. The van der Waals surface area contributed by atoms with E-state index in [4.69, 9.17) is 19.9 Å². The minimum atomic E-state index is -0.607. The maximum atomic E-state index is 12.8. The van der Waals surface area contributed by atoms with Gasteiger partial charge in [-0.05, 0) is 43.3 Å². The molecular formula is C19H20N4O4S. The molecule has 0 saturated heterocycles. The van der Waals surface area contributed by atoms with Crippen LogP contribution in [0.1, 0.15) is 25.5 Å². The number of nitriles is 1. The van der Waals surface area contributed by atoms with Gasteiger partial charge in [0.05, 0.1) is 38.1 Å². The second-order valence-corrected chi connectivity index (χ2v) is 6.91. The Hall–Kier alpha value is -3.12. The van der Waals surface area contributed by atoms with Crippen LogP contribution in [0.25, 0.3) is 0 Å². The number of allylic oxidation sites excluding steroid dienone is 2. The van der Waals surface area contributed by atoms with E-state index in [1.54, 1.807) is 38.0 Å². The van der Waals surface area contributed by atoms with Gasteiger partial charge in [0.1, 0.15) is 16.8 Å². The highest BCUT2D eigenvalue weighted by Gasteiger charge is 2.42. The van der Waals surface area contributed by atoms with Crippen LogP contribution in [-0.4, -0.2) is 36.9 Å². The molecule has 146 valence electrons. The van der Waals surface area contributed by atoms with Crippen molar-refractivity contribution in [3.05, 3.63) is 45.8 Å². The lowest BCUT2D eigenvalue weighted by atomic mass is 9.94. The number of esters is 1. The summed E-state index contributed by atoms with van der Waals surface area (Å²) < 4.78 is 16.0. The number of hydrogen-bond acceptors (Lipinski definition) is 9. The molecule has 2 aliphatic rings. The zero-order valence-electron chi connectivity index (χ0n) is 16.0. The molecule has 2 heterocycles. The number of thioether (sulfide) groups is 1. The van der Waals surface area contributed by atoms with Crippen molar-refractivity contribution >= 4 is 22.9 Å². The molecule has 8 nitrogen and oxygen atoms in total. The number of ether oxygens (including phenoxy) is 3. The van der Waals surface area contributed by atoms with Gasteiger partial charge >= 0.3 is 5.97 Å².